The van der Waals surface area contributed by atoms with Crippen molar-refractivity contribution in [2.75, 3.05) is 0 Å². The van der Waals surface area contributed by atoms with Crippen LogP contribution in [-0.2, 0) is 24.1 Å². The van der Waals surface area contributed by atoms with E-state index >= 15 is 0 Å². The molecule has 0 unspecified atom stereocenters. The maximum Gasteiger partial charge on any atom is 0.372 e. The van der Waals surface area contributed by atoms with Crippen molar-refractivity contribution in [3.8, 4) is 0 Å². The molecule has 6 nitrogen and oxygen atoms in total. The topological polar surface area (TPSA) is 105 Å². The summed E-state index contributed by atoms with van der Waals surface area (Å²) in [5.41, 5.74) is 1.24. The summed E-state index contributed by atoms with van der Waals surface area (Å²) in [4.78, 5) is 34.7. The van der Waals surface area contributed by atoms with Gasteiger partial charge in [-0.3, -0.25) is 9.59 Å². The average molecular weight is 288 g/mol. The SMILES string of the molecule is O=C(O)Cc1c(C(=O)O)oc2ccc3c(c2c1=O)CCC3. The summed E-state index contributed by atoms with van der Waals surface area (Å²) in [6.07, 6.45) is 1.84. The zero-order valence-electron chi connectivity index (χ0n) is 11.0. The number of aryl methyl sites for hydroxylation is 2. The first-order valence-corrected chi connectivity index (χ1v) is 6.54. The molecule has 3 rings (SSSR count). The Morgan fingerprint density at radius 3 is 2.62 bits per heavy atom. The van der Waals surface area contributed by atoms with E-state index in [1.165, 1.54) is 0 Å². The van der Waals surface area contributed by atoms with Crippen molar-refractivity contribution in [1.29, 1.82) is 0 Å². The molecule has 21 heavy (non-hydrogen) atoms. The highest BCUT2D eigenvalue weighted by atomic mass is 16.4. The second-order valence-electron chi connectivity index (χ2n) is 5.04. The minimum absolute atomic E-state index is 0.201. The van der Waals surface area contributed by atoms with E-state index in [-0.39, 0.29) is 11.1 Å². The number of aromatic carboxylic acids is 1. The summed E-state index contributed by atoms with van der Waals surface area (Å²) in [7, 11) is 0. The lowest BCUT2D eigenvalue weighted by atomic mass is 10.0. The molecule has 0 spiro atoms. The average Bonchev–Trinajstić information content (AvgIpc) is 2.88. The van der Waals surface area contributed by atoms with Crippen molar-refractivity contribution >= 4 is 22.9 Å². The van der Waals surface area contributed by atoms with E-state index in [0.717, 1.165) is 30.4 Å². The number of fused-ring (bicyclic) bond motifs is 3. The van der Waals surface area contributed by atoms with Gasteiger partial charge >= 0.3 is 11.9 Å². The van der Waals surface area contributed by atoms with Gasteiger partial charge in [0, 0.05) is 0 Å². The third-order valence-corrected chi connectivity index (χ3v) is 3.75. The Balaban J connectivity index is 2.40. The number of rotatable bonds is 3. The highest BCUT2D eigenvalue weighted by molar-refractivity contribution is 5.92. The van der Waals surface area contributed by atoms with Gasteiger partial charge in [-0.1, -0.05) is 6.07 Å². The lowest BCUT2D eigenvalue weighted by Gasteiger charge is -2.08. The van der Waals surface area contributed by atoms with E-state index in [0.29, 0.717) is 5.39 Å². The number of carboxylic acid groups (broad SMARTS) is 2. The van der Waals surface area contributed by atoms with Crippen LogP contribution in [0, 0.1) is 0 Å². The molecule has 0 saturated heterocycles. The van der Waals surface area contributed by atoms with Crippen LogP contribution in [0.15, 0.2) is 21.3 Å². The lowest BCUT2D eigenvalue weighted by Crippen LogP contribution is -2.20. The first kappa shape index (κ1) is 13.4. The Morgan fingerprint density at radius 1 is 1.19 bits per heavy atom. The summed E-state index contributed by atoms with van der Waals surface area (Å²) < 4.78 is 5.30. The maximum atomic E-state index is 12.6. The summed E-state index contributed by atoms with van der Waals surface area (Å²) in [6.45, 7) is 0. The number of benzene rings is 1. The van der Waals surface area contributed by atoms with Gasteiger partial charge in [-0.25, -0.2) is 4.79 Å². The Labute approximate surface area is 118 Å². The highest BCUT2D eigenvalue weighted by Gasteiger charge is 2.25. The molecule has 1 heterocycles. The van der Waals surface area contributed by atoms with Gasteiger partial charge in [-0.05, 0) is 36.5 Å². The summed E-state index contributed by atoms with van der Waals surface area (Å²) in [5, 5.41) is 18.3. The Hall–Kier alpha value is -2.63. The largest absolute Gasteiger partial charge is 0.481 e. The molecular formula is C15H12O6. The smallest absolute Gasteiger partial charge is 0.372 e. The minimum atomic E-state index is -1.44. The predicted molar refractivity (Wildman–Crippen MR) is 72.8 cm³/mol. The first-order valence-electron chi connectivity index (χ1n) is 6.54. The molecule has 0 atom stereocenters. The van der Waals surface area contributed by atoms with E-state index in [4.69, 9.17) is 14.6 Å². The van der Waals surface area contributed by atoms with Crippen molar-refractivity contribution in [3.63, 3.8) is 0 Å². The molecule has 0 bridgehead atoms. The van der Waals surface area contributed by atoms with E-state index in [1.807, 2.05) is 6.07 Å². The van der Waals surface area contributed by atoms with Crippen molar-refractivity contribution in [1.82, 2.24) is 0 Å². The monoisotopic (exact) mass is 288 g/mol. The molecule has 0 fully saturated rings. The Bertz CT molecular complexity index is 830. The molecular weight excluding hydrogens is 276 g/mol. The summed E-state index contributed by atoms with van der Waals surface area (Å²) >= 11 is 0. The van der Waals surface area contributed by atoms with Gasteiger partial charge in [0.1, 0.15) is 5.58 Å². The molecule has 2 N–H and O–H groups in total. The fourth-order valence-corrected chi connectivity index (χ4v) is 2.89. The lowest BCUT2D eigenvalue weighted by molar-refractivity contribution is -0.136. The minimum Gasteiger partial charge on any atom is -0.481 e. The fourth-order valence-electron chi connectivity index (χ4n) is 2.89. The number of carboxylic acids is 2. The summed E-state index contributed by atoms with van der Waals surface area (Å²) in [5.74, 6) is -3.30. The van der Waals surface area contributed by atoms with Crippen LogP contribution < -0.4 is 5.43 Å². The molecule has 0 radical (unpaired) electrons. The summed E-state index contributed by atoms with van der Waals surface area (Å²) in [6, 6.07) is 3.41. The molecule has 1 aromatic carbocycles. The Morgan fingerprint density at radius 2 is 1.95 bits per heavy atom. The quantitative estimate of drug-likeness (QED) is 0.889. The molecule has 1 aromatic heterocycles. The number of hydrogen-bond donors (Lipinski definition) is 2. The predicted octanol–water partition coefficient (Wildman–Crippen LogP) is 1.61. The fraction of sp³-hybridized carbons (Fsp3) is 0.267. The van der Waals surface area contributed by atoms with Gasteiger partial charge < -0.3 is 14.6 Å². The first-order chi connectivity index (χ1) is 9.99. The Kier molecular flexibility index (Phi) is 3.01. The van der Waals surface area contributed by atoms with Crippen molar-refractivity contribution in [2.45, 2.75) is 25.7 Å². The molecule has 2 aromatic rings. The maximum absolute atomic E-state index is 12.6. The zero-order chi connectivity index (χ0) is 15.1. The van der Waals surface area contributed by atoms with Crippen LogP contribution in [0.3, 0.4) is 0 Å². The molecule has 0 amide bonds. The van der Waals surface area contributed by atoms with Crippen LogP contribution >= 0.6 is 0 Å². The van der Waals surface area contributed by atoms with E-state index in [1.54, 1.807) is 6.07 Å². The van der Waals surface area contributed by atoms with Crippen LogP contribution in [-0.4, -0.2) is 22.2 Å². The number of aliphatic carboxylic acids is 1. The van der Waals surface area contributed by atoms with Gasteiger partial charge in [-0.2, -0.15) is 0 Å². The highest BCUT2D eigenvalue weighted by Crippen LogP contribution is 2.29. The van der Waals surface area contributed by atoms with E-state index in [9.17, 15) is 14.4 Å². The van der Waals surface area contributed by atoms with Crippen LogP contribution in [0.4, 0.5) is 0 Å². The van der Waals surface area contributed by atoms with Gasteiger partial charge in [-0.15, -0.1) is 0 Å². The van der Waals surface area contributed by atoms with Gasteiger partial charge in [0.25, 0.3) is 0 Å². The van der Waals surface area contributed by atoms with Gasteiger partial charge in [0.2, 0.25) is 5.76 Å². The number of hydrogen-bond acceptors (Lipinski definition) is 4. The van der Waals surface area contributed by atoms with Crippen molar-refractivity contribution in [3.05, 3.63) is 44.8 Å². The van der Waals surface area contributed by atoms with Crippen LogP contribution in [0.1, 0.15) is 33.7 Å². The normalized spacial score (nSPS) is 13.3. The number of carbonyl (C=O) groups is 2. The molecule has 6 heteroatoms. The molecule has 108 valence electrons. The van der Waals surface area contributed by atoms with Gasteiger partial charge in [0.05, 0.1) is 17.4 Å². The standard InChI is InChI=1S/C15H12O6/c16-11(17)6-9-13(18)12-8-3-1-2-7(8)4-5-10(12)21-14(9)15(19)20/h4-5H,1-3,6H2,(H,16,17)(H,19,20). The third kappa shape index (κ3) is 2.08. The third-order valence-electron chi connectivity index (χ3n) is 3.75. The second-order valence-corrected chi connectivity index (χ2v) is 5.04. The molecule has 0 aliphatic heterocycles. The zero-order valence-corrected chi connectivity index (χ0v) is 11.0. The van der Waals surface area contributed by atoms with Crippen LogP contribution in [0.5, 0.6) is 0 Å². The van der Waals surface area contributed by atoms with Gasteiger partial charge in [0.15, 0.2) is 5.43 Å². The van der Waals surface area contributed by atoms with Crippen molar-refractivity contribution in [2.24, 2.45) is 0 Å². The van der Waals surface area contributed by atoms with Crippen LogP contribution in [0.2, 0.25) is 0 Å². The molecule has 1 aliphatic rings. The van der Waals surface area contributed by atoms with E-state index in [2.05, 4.69) is 0 Å². The second kappa shape index (κ2) is 4.73. The van der Waals surface area contributed by atoms with Crippen molar-refractivity contribution < 1.29 is 24.2 Å². The molecule has 1 aliphatic carbocycles. The molecule has 0 saturated carbocycles. The van der Waals surface area contributed by atoms with E-state index < -0.39 is 29.5 Å². The van der Waals surface area contributed by atoms with Crippen LogP contribution in [0.25, 0.3) is 11.0 Å².